The molecule has 0 aromatic heterocycles. The van der Waals surface area contributed by atoms with Gasteiger partial charge in [0.25, 0.3) is 0 Å². The summed E-state index contributed by atoms with van der Waals surface area (Å²) in [6.45, 7) is 2.30. The molecule has 1 aromatic rings. The van der Waals surface area contributed by atoms with Crippen molar-refractivity contribution in [2.75, 3.05) is 19.8 Å². The number of hydrogen-bond donors (Lipinski definition) is 0. The first-order chi connectivity index (χ1) is 6.88. The molecule has 0 bridgehead atoms. The molecule has 0 radical (unpaired) electrons. The summed E-state index contributed by atoms with van der Waals surface area (Å²) in [6, 6.07) is 9.21. The summed E-state index contributed by atoms with van der Waals surface area (Å²) >= 11 is 0. The third kappa shape index (κ3) is 2.04. The van der Waals surface area contributed by atoms with Gasteiger partial charge in [-0.25, -0.2) is 0 Å². The van der Waals surface area contributed by atoms with Crippen LogP contribution in [0.5, 0.6) is 5.75 Å². The normalized spacial score (nSPS) is 15.6. The lowest BCUT2D eigenvalue weighted by atomic mass is 10.1. The van der Waals surface area contributed by atoms with Gasteiger partial charge in [-0.2, -0.15) is 5.26 Å². The third-order valence-electron chi connectivity index (χ3n) is 2.18. The maximum absolute atomic E-state index is 8.59. The highest BCUT2D eigenvalue weighted by Crippen LogP contribution is 2.15. The minimum Gasteiger partial charge on any atom is -0.493 e. The summed E-state index contributed by atoms with van der Waals surface area (Å²) in [5, 5.41) is 8.59. The van der Waals surface area contributed by atoms with E-state index in [2.05, 4.69) is 6.07 Å². The van der Waals surface area contributed by atoms with Gasteiger partial charge in [0, 0.05) is 5.92 Å². The summed E-state index contributed by atoms with van der Waals surface area (Å²) in [6.07, 6.45) is 0. The highest BCUT2D eigenvalue weighted by atomic mass is 16.5. The Balaban J connectivity index is 1.86. The second-order valence-electron chi connectivity index (χ2n) is 3.35. The van der Waals surface area contributed by atoms with E-state index < -0.39 is 0 Å². The van der Waals surface area contributed by atoms with Crippen molar-refractivity contribution < 1.29 is 9.47 Å². The number of hydrogen-bond acceptors (Lipinski definition) is 3. The summed E-state index contributed by atoms with van der Waals surface area (Å²) in [4.78, 5) is 0. The minimum atomic E-state index is 0.533. The quantitative estimate of drug-likeness (QED) is 0.725. The van der Waals surface area contributed by atoms with Crippen LogP contribution in [0.1, 0.15) is 5.56 Å². The van der Waals surface area contributed by atoms with Gasteiger partial charge >= 0.3 is 0 Å². The molecule has 0 atom stereocenters. The molecule has 2 rings (SSSR count). The average Bonchev–Trinajstić information content (AvgIpc) is 2.16. The topological polar surface area (TPSA) is 42.2 Å². The Morgan fingerprint density at radius 3 is 2.57 bits per heavy atom. The number of ether oxygens (including phenoxy) is 2. The summed E-state index contributed by atoms with van der Waals surface area (Å²) in [5.41, 5.74) is 0.657. The molecule has 72 valence electrons. The van der Waals surface area contributed by atoms with Crippen LogP contribution in [0.3, 0.4) is 0 Å². The molecule has 1 aromatic carbocycles. The maximum atomic E-state index is 8.59. The van der Waals surface area contributed by atoms with Crippen molar-refractivity contribution in [1.82, 2.24) is 0 Å². The van der Waals surface area contributed by atoms with Gasteiger partial charge in [-0.15, -0.1) is 0 Å². The third-order valence-corrected chi connectivity index (χ3v) is 2.18. The lowest BCUT2D eigenvalue weighted by Gasteiger charge is -2.25. The van der Waals surface area contributed by atoms with Crippen molar-refractivity contribution in [1.29, 1.82) is 5.26 Å². The minimum absolute atomic E-state index is 0.533. The van der Waals surface area contributed by atoms with Gasteiger partial charge in [0.05, 0.1) is 31.5 Å². The Bertz CT molecular complexity index is 335. The fourth-order valence-electron chi connectivity index (χ4n) is 1.22. The molecular formula is C11H11NO2. The fourth-order valence-corrected chi connectivity index (χ4v) is 1.22. The predicted molar refractivity (Wildman–Crippen MR) is 51.0 cm³/mol. The van der Waals surface area contributed by atoms with Crippen LogP contribution in [0.4, 0.5) is 0 Å². The molecule has 1 saturated heterocycles. The SMILES string of the molecule is N#Cc1ccc(OCC2COC2)cc1. The molecule has 3 heteroatoms. The van der Waals surface area contributed by atoms with Crippen LogP contribution in [0.15, 0.2) is 24.3 Å². The molecule has 1 aliphatic heterocycles. The largest absolute Gasteiger partial charge is 0.493 e. The lowest BCUT2D eigenvalue weighted by Crippen LogP contribution is -2.32. The van der Waals surface area contributed by atoms with Crippen LogP contribution in [0, 0.1) is 17.2 Å². The summed E-state index contributed by atoms with van der Waals surface area (Å²) in [5.74, 6) is 1.35. The molecule has 1 aliphatic rings. The smallest absolute Gasteiger partial charge is 0.119 e. The standard InChI is InChI=1S/C11H11NO2/c12-5-9-1-3-11(4-2-9)14-8-10-6-13-7-10/h1-4,10H,6-8H2. The molecule has 0 spiro atoms. The van der Waals surface area contributed by atoms with Gasteiger partial charge in [0.2, 0.25) is 0 Å². The van der Waals surface area contributed by atoms with E-state index >= 15 is 0 Å². The number of nitriles is 1. The first kappa shape index (κ1) is 9.04. The molecular weight excluding hydrogens is 178 g/mol. The van der Waals surface area contributed by atoms with Crippen LogP contribution in [-0.2, 0) is 4.74 Å². The highest BCUT2D eigenvalue weighted by molar-refractivity contribution is 5.34. The van der Waals surface area contributed by atoms with Crippen LogP contribution in [0.2, 0.25) is 0 Å². The Morgan fingerprint density at radius 1 is 1.36 bits per heavy atom. The Hall–Kier alpha value is -1.53. The van der Waals surface area contributed by atoms with Gasteiger partial charge in [-0.3, -0.25) is 0 Å². The number of nitrogens with zero attached hydrogens (tertiary/aromatic N) is 1. The van der Waals surface area contributed by atoms with E-state index in [9.17, 15) is 0 Å². The van der Waals surface area contributed by atoms with Crippen molar-refractivity contribution in [3.05, 3.63) is 29.8 Å². The van der Waals surface area contributed by atoms with E-state index in [4.69, 9.17) is 14.7 Å². The highest BCUT2D eigenvalue weighted by Gasteiger charge is 2.18. The predicted octanol–water partition coefficient (Wildman–Crippen LogP) is 1.58. The molecule has 14 heavy (non-hydrogen) atoms. The Morgan fingerprint density at radius 2 is 2.07 bits per heavy atom. The molecule has 0 aliphatic carbocycles. The zero-order chi connectivity index (χ0) is 9.80. The zero-order valence-corrected chi connectivity index (χ0v) is 7.77. The molecule has 1 heterocycles. The zero-order valence-electron chi connectivity index (χ0n) is 7.77. The molecule has 0 N–H and O–H groups in total. The first-order valence-corrected chi connectivity index (χ1v) is 4.59. The van der Waals surface area contributed by atoms with Gasteiger partial charge in [-0.05, 0) is 24.3 Å². The van der Waals surface area contributed by atoms with E-state index in [1.165, 1.54) is 0 Å². The van der Waals surface area contributed by atoms with E-state index in [-0.39, 0.29) is 0 Å². The van der Waals surface area contributed by atoms with E-state index in [0.717, 1.165) is 19.0 Å². The van der Waals surface area contributed by atoms with E-state index in [1.54, 1.807) is 12.1 Å². The lowest BCUT2D eigenvalue weighted by molar-refractivity contribution is -0.0508. The van der Waals surface area contributed by atoms with Crippen molar-refractivity contribution in [3.8, 4) is 11.8 Å². The Labute approximate surface area is 82.9 Å². The van der Waals surface area contributed by atoms with Crippen LogP contribution < -0.4 is 4.74 Å². The fraction of sp³-hybridized carbons (Fsp3) is 0.364. The van der Waals surface area contributed by atoms with Crippen LogP contribution in [-0.4, -0.2) is 19.8 Å². The number of rotatable bonds is 3. The number of benzene rings is 1. The van der Waals surface area contributed by atoms with Crippen LogP contribution >= 0.6 is 0 Å². The molecule has 0 amide bonds. The van der Waals surface area contributed by atoms with Crippen molar-refractivity contribution in [3.63, 3.8) is 0 Å². The van der Waals surface area contributed by atoms with Gasteiger partial charge in [0.1, 0.15) is 5.75 Å². The molecule has 1 fully saturated rings. The Kier molecular flexibility index (Phi) is 2.66. The van der Waals surface area contributed by atoms with E-state index in [0.29, 0.717) is 18.1 Å². The summed E-state index contributed by atoms with van der Waals surface area (Å²) < 4.78 is 10.6. The van der Waals surface area contributed by atoms with Crippen molar-refractivity contribution >= 4 is 0 Å². The second kappa shape index (κ2) is 4.12. The summed E-state index contributed by atoms with van der Waals surface area (Å²) in [7, 11) is 0. The van der Waals surface area contributed by atoms with Gasteiger partial charge in [-0.1, -0.05) is 0 Å². The molecule has 0 saturated carbocycles. The molecule has 3 nitrogen and oxygen atoms in total. The van der Waals surface area contributed by atoms with E-state index in [1.807, 2.05) is 12.1 Å². The first-order valence-electron chi connectivity index (χ1n) is 4.59. The van der Waals surface area contributed by atoms with Crippen molar-refractivity contribution in [2.45, 2.75) is 0 Å². The van der Waals surface area contributed by atoms with Crippen LogP contribution in [0.25, 0.3) is 0 Å². The average molecular weight is 189 g/mol. The maximum Gasteiger partial charge on any atom is 0.119 e. The van der Waals surface area contributed by atoms with Crippen molar-refractivity contribution in [2.24, 2.45) is 5.92 Å². The molecule has 0 unspecified atom stereocenters. The second-order valence-corrected chi connectivity index (χ2v) is 3.35. The van der Waals surface area contributed by atoms with Gasteiger partial charge in [0.15, 0.2) is 0 Å². The van der Waals surface area contributed by atoms with Gasteiger partial charge < -0.3 is 9.47 Å². The monoisotopic (exact) mass is 189 g/mol.